The first-order chi connectivity index (χ1) is 3.95. The molecule has 0 aliphatic heterocycles. The lowest BCUT2D eigenvalue weighted by atomic mass is 11.0. The molecule has 0 aromatic rings. The Morgan fingerprint density at radius 1 is 1.44 bits per heavy atom. The summed E-state index contributed by atoms with van der Waals surface area (Å²) in [6.45, 7) is 0. The van der Waals surface area contributed by atoms with Gasteiger partial charge in [0.05, 0.1) is 0 Å². The molecule has 4 N–H and O–H groups in total. The molecule has 0 saturated carbocycles. The van der Waals surface area contributed by atoms with Crippen LogP contribution in [0.4, 0.5) is 13.2 Å². The molecule has 0 atom stereocenters. The summed E-state index contributed by atoms with van der Waals surface area (Å²) in [7, 11) is 0. The molecule has 9 heavy (non-hydrogen) atoms. The lowest BCUT2D eigenvalue weighted by molar-refractivity contribution is -0.141. The van der Waals surface area contributed by atoms with Crippen molar-refractivity contribution < 1.29 is 13.2 Å². The van der Waals surface area contributed by atoms with Crippen LogP contribution in [-0.4, -0.2) is 11.4 Å². The van der Waals surface area contributed by atoms with E-state index in [0.717, 1.165) is 5.32 Å². The van der Waals surface area contributed by atoms with E-state index in [0.29, 0.717) is 0 Å². The maximum Gasteiger partial charge on any atom is 0.484 e. The Kier molecular flexibility index (Phi) is 2.65. The third kappa shape index (κ3) is 5.31. The van der Waals surface area contributed by atoms with Crippen LogP contribution in [-0.2, 0) is 0 Å². The molecule has 54 valence electrons. The van der Waals surface area contributed by atoms with Gasteiger partial charge in [-0.05, 0) is 12.2 Å². The highest BCUT2D eigenvalue weighted by Crippen LogP contribution is 2.08. The lowest BCUT2D eigenvalue weighted by Crippen LogP contribution is -2.46. The van der Waals surface area contributed by atoms with Crippen molar-refractivity contribution in [1.29, 1.82) is 0 Å². The Labute approximate surface area is 54.4 Å². The second-order valence-electron chi connectivity index (χ2n) is 1.10. The van der Waals surface area contributed by atoms with E-state index in [1.807, 2.05) is 0 Å². The molecule has 0 saturated heterocycles. The van der Waals surface area contributed by atoms with Gasteiger partial charge in [-0.1, -0.05) is 0 Å². The van der Waals surface area contributed by atoms with Gasteiger partial charge < -0.3 is 5.43 Å². The summed E-state index contributed by atoms with van der Waals surface area (Å²) in [6.07, 6.45) is -4.51. The maximum absolute atomic E-state index is 11.2. The Morgan fingerprint density at radius 3 is 2.00 bits per heavy atom. The number of nitrogens with two attached hydrogens (primary N) is 1. The predicted molar refractivity (Wildman–Crippen MR) is 29.1 cm³/mol. The molecule has 0 radical (unpaired) electrons. The van der Waals surface area contributed by atoms with Crippen molar-refractivity contribution in [1.82, 2.24) is 10.7 Å². The number of thiocarbonyl (C=S) groups is 1. The molecule has 0 bridgehead atoms. The number of hydrogen-bond acceptors (Lipinski definition) is 2. The largest absolute Gasteiger partial charge is 0.484 e. The summed E-state index contributed by atoms with van der Waals surface area (Å²) in [5.74, 6) is 4.53. The topological polar surface area (TPSA) is 50.1 Å². The average Bonchev–Trinajstić information content (AvgIpc) is 1.62. The van der Waals surface area contributed by atoms with Crippen LogP contribution in [0.3, 0.4) is 0 Å². The molecule has 0 fully saturated rings. The zero-order valence-corrected chi connectivity index (χ0v) is 4.94. The van der Waals surface area contributed by atoms with Crippen LogP contribution in [0.5, 0.6) is 0 Å². The molecule has 0 amide bonds. The first-order valence-electron chi connectivity index (χ1n) is 1.81. The summed E-state index contributed by atoms with van der Waals surface area (Å²) in [4.78, 5) is 0. The highest BCUT2D eigenvalue weighted by Gasteiger charge is 2.27. The number of halogens is 3. The van der Waals surface area contributed by atoms with Gasteiger partial charge in [0.15, 0.2) is 5.11 Å². The first kappa shape index (κ1) is 8.44. The van der Waals surface area contributed by atoms with Crippen molar-refractivity contribution in [2.45, 2.75) is 6.30 Å². The molecule has 0 aromatic carbocycles. The maximum atomic E-state index is 11.2. The average molecular weight is 159 g/mol. The van der Waals surface area contributed by atoms with Gasteiger partial charge in [-0.2, -0.15) is 13.2 Å². The van der Waals surface area contributed by atoms with E-state index in [9.17, 15) is 13.2 Å². The van der Waals surface area contributed by atoms with E-state index in [1.54, 1.807) is 5.43 Å². The summed E-state index contributed by atoms with van der Waals surface area (Å²) in [6, 6.07) is 0. The standard InChI is InChI=1S/C2H4F3N3S/c3-2(4,5)7-1(9)8-6/h6H2,(H2,7,8,9). The fourth-order valence-corrected chi connectivity index (χ4v) is 0.281. The normalized spacial score (nSPS) is 10.7. The van der Waals surface area contributed by atoms with E-state index in [2.05, 4.69) is 18.1 Å². The minimum Gasteiger partial charge on any atom is -0.301 e. The van der Waals surface area contributed by atoms with Gasteiger partial charge in [0.1, 0.15) is 0 Å². The fraction of sp³-hybridized carbons (Fsp3) is 0.500. The minimum absolute atomic E-state index is 0.650. The molecule has 0 aliphatic rings. The van der Waals surface area contributed by atoms with E-state index in [-0.39, 0.29) is 0 Å². The summed E-state index contributed by atoms with van der Waals surface area (Å²) >= 11 is 4.04. The van der Waals surface area contributed by atoms with Crippen molar-refractivity contribution in [2.24, 2.45) is 5.84 Å². The molecule has 0 aliphatic carbocycles. The van der Waals surface area contributed by atoms with Gasteiger partial charge in [-0.25, -0.2) is 5.84 Å². The third-order valence-electron chi connectivity index (χ3n) is 0.386. The van der Waals surface area contributed by atoms with Crippen LogP contribution in [0.2, 0.25) is 0 Å². The highest BCUT2D eigenvalue weighted by atomic mass is 32.1. The number of hydrogen-bond donors (Lipinski definition) is 3. The van der Waals surface area contributed by atoms with Crippen molar-refractivity contribution in [3.05, 3.63) is 0 Å². The Morgan fingerprint density at radius 2 is 1.89 bits per heavy atom. The van der Waals surface area contributed by atoms with Crippen LogP contribution < -0.4 is 16.6 Å². The van der Waals surface area contributed by atoms with Crippen LogP contribution in [0, 0.1) is 0 Å². The van der Waals surface area contributed by atoms with Crippen LogP contribution in [0.15, 0.2) is 0 Å². The zero-order chi connectivity index (χ0) is 7.49. The second kappa shape index (κ2) is 2.83. The van der Waals surface area contributed by atoms with E-state index in [4.69, 9.17) is 0 Å². The van der Waals surface area contributed by atoms with E-state index < -0.39 is 11.4 Å². The summed E-state index contributed by atoms with van der Waals surface area (Å²) < 4.78 is 33.6. The fourth-order valence-electron chi connectivity index (χ4n) is 0.165. The molecule has 3 nitrogen and oxygen atoms in total. The smallest absolute Gasteiger partial charge is 0.301 e. The highest BCUT2D eigenvalue weighted by molar-refractivity contribution is 7.80. The van der Waals surface area contributed by atoms with Crippen molar-refractivity contribution in [3.8, 4) is 0 Å². The molecule has 7 heteroatoms. The number of nitrogens with one attached hydrogen (secondary N) is 2. The molecule has 0 unspecified atom stereocenters. The number of alkyl halides is 3. The Balaban J connectivity index is 3.60. The van der Waals surface area contributed by atoms with Crippen molar-refractivity contribution in [3.63, 3.8) is 0 Å². The van der Waals surface area contributed by atoms with Crippen LogP contribution >= 0.6 is 12.2 Å². The Bertz CT molecular complexity index is 110. The monoisotopic (exact) mass is 159 g/mol. The van der Waals surface area contributed by atoms with Gasteiger partial charge in [-0.3, -0.25) is 5.32 Å². The molecule has 0 rings (SSSR count). The number of rotatable bonds is 0. The first-order valence-corrected chi connectivity index (χ1v) is 2.22. The van der Waals surface area contributed by atoms with Gasteiger partial charge in [-0.15, -0.1) is 0 Å². The quantitative estimate of drug-likeness (QED) is 0.199. The Hall–Kier alpha value is -0.560. The molecule has 0 heterocycles. The lowest BCUT2D eigenvalue weighted by Gasteiger charge is -2.08. The molecular formula is C2H4F3N3S. The SMILES string of the molecule is NNC(=S)NC(F)(F)F. The van der Waals surface area contributed by atoms with E-state index >= 15 is 0 Å². The minimum atomic E-state index is -4.51. The zero-order valence-electron chi connectivity index (χ0n) is 4.12. The van der Waals surface area contributed by atoms with Crippen molar-refractivity contribution >= 4 is 17.3 Å². The molecular weight excluding hydrogens is 155 g/mol. The van der Waals surface area contributed by atoms with Gasteiger partial charge in [0.2, 0.25) is 0 Å². The molecule has 0 aromatic heterocycles. The van der Waals surface area contributed by atoms with Crippen LogP contribution in [0.25, 0.3) is 0 Å². The number of hydrazine groups is 1. The third-order valence-corrected chi connectivity index (χ3v) is 0.606. The second-order valence-corrected chi connectivity index (χ2v) is 1.50. The van der Waals surface area contributed by atoms with Gasteiger partial charge in [0, 0.05) is 0 Å². The summed E-state index contributed by atoms with van der Waals surface area (Å²) in [5.41, 5.74) is 1.62. The molecule has 0 spiro atoms. The van der Waals surface area contributed by atoms with E-state index in [1.165, 1.54) is 0 Å². The van der Waals surface area contributed by atoms with Gasteiger partial charge >= 0.3 is 6.30 Å². The van der Waals surface area contributed by atoms with Crippen LogP contribution in [0.1, 0.15) is 0 Å². The van der Waals surface area contributed by atoms with Crippen molar-refractivity contribution in [2.75, 3.05) is 0 Å². The van der Waals surface area contributed by atoms with Gasteiger partial charge in [0.25, 0.3) is 0 Å². The summed E-state index contributed by atoms with van der Waals surface area (Å²) in [5, 5.41) is 0.314. The predicted octanol–water partition coefficient (Wildman–Crippen LogP) is -0.156.